The molecule has 0 saturated carbocycles. The first-order valence-electron chi connectivity index (χ1n) is 15.1. The van der Waals surface area contributed by atoms with Gasteiger partial charge in [-0.2, -0.15) is 0 Å². The summed E-state index contributed by atoms with van der Waals surface area (Å²) in [6.07, 6.45) is 0. The maximum Gasteiger partial charge on any atom is 0.227 e. The second-order valence-corrected chi connectivity index (χ2v) is 12.3. The zero-order valence-electron chi connectivity index (χ0n) is 24.2. The van der Waals surface area contributed by atoms with Crippen LogP contribution in [0.3, 0.4) is 0 Å². The van der Waals surface area contributed by atoms with Crippen molar-refractivity contribution in [3.05, 3.63) is 158 Å². The van der Waals surface area contributed by atoms with Crippen LogP contribution in [0.5, 0.6) is 0 Å². The Morgan fingerprint density at radius 1 is 0.489 bits per heavy atom. The molecule has 9 aromatic rings. The summed E-state index contributed by atoms with van der Waals surface area (Å²) in [7, 11) is 0. The molecule has 0 aliphatic heterocycles. The quantitative estimate of drug-likeness (QED) is 0.198. The van der Waals surface area contributed by atoms with Crippen molar-refractivity contribution < 1.29 is 4.42 Å². The summed E-state index contributed by atoms with van der Waals surface area (Å²) in [6, 6.07) is 55.6. The van der Waals surface area contributed by atoms with Crippen LogP contribution in [0.1, 0.15) is 0 Å². The van der Waals surface area contributed by atoms with Crippen molar-refractivity contribution in [2.75, 3.05) is 4.90 Å². The van der Waals surface area contributed by atoms with Gasteiger partial charge in [0.25, 0.3) is 0 Å². The lowest BCUT2D eigenvalue weighted by molar-refractivity contribution is 0.623. The van der Waals surface area contributed by atoms with E-state index < -0.39 is 0 Å². The highest BCUT2D eigenvalue weighted by molar-refractivity contribution is 7.25. The van der Waals surface area contributed by atoms with Crippen molar-refractivity contribution in [1.82, 2.24) is 4.98 Å². The maximum atomic E-state index is 6.47. The van der Waals surface area contributed by atoms with E-state index in [1.165, 1.54) is 25.7 Å². The van der Waals surface area contributed by atoms with Gasteiger partial charge in [-0.05, 0) is 66.2 Å². The Labute approximate surface area is 264 Å². The number of rotatable bonds is 5. The third kappa shape index (κ3) is 4.30. The van der Waals surface area contributed by atoms with Gasteiger partial charge < -0.3 is 9.32 Å². The third-order valence-electron chi connectivity index (χ3n) is 8.50. The molecule has 4 heteroatoms. The Morgan fingerprint density at radius 3 is 2.04 bits per heavy atom. The highest BCUT2D eigenvalue weighted by Gasteiger charge is 2.21. The molecule has 0 N–H and O–H groups in total. The topological polar surface area (TPSA) is 29.3 Å². The van der Waals surface area contributed by atoms with Crippen LogP contribution < -0.4 is 4.90 Å². The van der Waals surface area contributed by atoms with Gasteiger partial charge in [-0.3, -0.25) is 0 Å². The van der Waals surface area contributed by atoms with Gasteiger partial charge in [-0.15, -0.1) is 11.3 Å². The summed E-state index contributed by atoms with van der Waals surface area (Å²) in [5, 5.41) is 4.67. The summed E-state index contributed by atoms with van der Waals surface area (Å²) >= 11 is 1.84. The molecule has 0 atom stereocenters. The van der Waals surface area contributed by atoms with E-state index in [9.17, 15) is 0 Å². The fraction of sp³-hybridized carbons (Fsp3) is 0. The van der Waals surface area contributed by atoms with Crippen LogP contribution in [0.15, 0.2) is 162 Å². The lowest BCUT2D eigenvalue weighted by Gasteiger charge is -2.29. The van der Waals surface area contributed by atoms with Gasteiger partial charge in [-0.25, -0.2) is 4.98 Å². The molecule has 7 aromatic carbocycles. The number of para-hydroxylation sites is 1. The summed E-state index contributed by atoms with van der Waals surface area (Å²) < 4.78 is 9.06. The number of anilines is 3. The molecule has 0 radical (unpaired) electrons. The van der Waals surface area contributed by atoms with E-state index in [4.69, 9.17) is 9.40 Å². The fourth-order valence-corrected chi connectivity index (χ4v) is 7.50. The van der Waals surface area contributed by atoms with Gasteiger partial charge in [0.05, 0.1) is 11.4 Å². The van der Waals surface area contributed by atoms with E-state index in [1.807, 2.05) is 41.7 Å². The van der Waals surface area contributed by atoms with Gasteiger partial charge in [0.15, 0.2) is 5.58 Å². The zero-order valence-corrected chi connectivity index (χ0v) is 25.0. The number of benzene rings is 7. The maximum absolute atomic E-state index is 6.47. The SMILES string of the molecule is c1ccc(-c2nc3ccc4c(N(c5ccc6sc7ccccc7c6c5)c5ccccc5-c5ccccc5)cccc4c3o2)cc1. The standard InChI is InChI=1S/C41H26N2OS/c1-3-12-27(13-4-1)30-16-7-9-19-36(30)43(29-22-25-39-34(26-29)32-17-8-10-21-38(32)45-39)37-20-11-18-33-31(37)23-24-35-40(33)44-41(42-35)28-14-5-2-6-15-28/h1-26H. The van der Waals surface area contributed by atoms with Crippen LogP contribution in [0, 0.1) is 0 Å². The Balaban J connectivity index is 1.32. The van der Waals surface area contributed by atoms with E-state index in [2.05, 4.69) is 132 Å². The van der Waals surface area contributed by atoms with Crippen LogP contribution in [-0.4, -0.2) is 4.98 Å². The minimum Gasteiger partial charge on any atom is -0.435 e. The predicted octanol–water partition coefficient (Wildman–Crippen LogP) is 12.2. The normalized spacial score (nSPS) is 11.6. The number of fused-ring (bicyclic) bond motifs is 6. The Bertz CT molecular complexity index is 2500. The average Bonchev–Trinajstić information content (AvgIpc) is 3.72. The van der Waals surface area contributed by atoms with Crippen molar-refractivity contribution in [3.8, 4) is 22.6 Å². The molecule has 3 nitrogen and oxygen atoms in total. The Kier molecular flexibility index (Phi) is 6.00. The molecule has 9 rings (SSSR count). The number of aromatic nitrogens is 1. The predicted molar refractivity (Wildman–Crippen MR) is 190 cm³/mol. The number of thiophene rings is 1. The first-order valence-corrected chi connectivity index (χ1v) is 15.9. The molecule has 0 aliphatic rings. The zero-order chi connectivity index (χ0) is 29.7. The van der Waals surface area contributed by atoms with E-state index in [0.717, 1.165) is 50.1 Å². The highest BCUT2D eigenvalue weighted by Crippen LogP contribution is 2.46. The van der Waals surface area contributed by atoms with Crippen molar-refractivity contribution >= 4 is 70.4 Å². The molecule has 0 unspecified atom stereocenters. The van der Waals surface area contributed by atoms with Crippen molar-refractivity contribution in [1.29, 1.82) is 0 Å². The van der Waals surface area contributed by atoms with E-state index in [0.29, 0.717) is 5.89 Å². The molecule has 0 fully saturated rings. The number of nitrogens with zero attached hydrogens (tertiary/aromatic N) is 2. The van der Waals surface area contributed by atoms with Crippen LogP contribution in [0.2, 0.25) is 0 Å². The minimum atomic E-state index is 0.629. The first kappa shape index (κ1) is 25.8. The van der Waals surface area contributed by atoms with E-state index in [1.54, 1.807) is 0 Å². The number of hydrogen-bond acceptors (Lipinski definition) is 4. The Hall–Kier alpha value is -5.71. The summed E-state index contributed by atoms with van der Waals surface area (Å²) in [4.78, 5) is 7.26. The van der Waals surface area contributed by atoms with Crippen LogP contribution >= 0.6 is 11.3 Å². The highest BCUT2D eigenvalue weighted by atomic mass is 32.1. The van der Waals surface area contributed by atoms with Crippen molar-refractivity contribution in [2.45, 2.75) is 0 Å². The smallest absolute Gasteiger partial charge is 0.227 e. The molecule has 0 spiro atoms. The second-order valence-electron chi connectivity index (χ2n) is 11.2. The molecule has 2 heterocycles. The average molecular weight is 595 g/mol. The minimum absolute atomic E-state index is 0.629. The monoisotopic (exact) mass is 594 g/mol. The summed E-state index contributed by atoms with van der Waals surface area (Å²) in [5.74, 6) is 0.629. The van der Waals surface area contributed by atoms with Gasteiger partial charge >= 0.3 is 0 Å². The third-order valence-corrected chi connectivity index (χ3v) is 9.65. The van der Waals surface area contributed by atoms with E-state index in [-0.39, 0.29) is 0 Å². The molecule has 0 amide bonds. The molecule has 212 valence electrons. The number of hydrogen-bond donors (Lipinski definition) is 0. The van der Waals surface area contributed by atoms with E-state index >= 15 is 0 Å². The molecule has 2 aromatic heterocycles. The van der Waals surface area contributed by atoms with Gasteiger partial charge in [0, 0.05) is 47.8 Å². The lowest BCUT2D eigenvalue weighted by Crippen LogP contribution is -2.11. The molecule has 45 heavy (non-hydrogen) atoms. The van der Waals surface area contributed by atoms with Gasteiger partial charge in [0.2, 0.25) is 5.89 Å². The number of oxazole rings is 1. The fourth-order valence-electron chi connectivity index (χ4n) is 6.42. The molecular weight excluding hydrogens is 569 g/mol. The largest absolute Gasteiger partial charge is 0.435 e. The Morgan fingerprint density at radius 2 is 1.18 bits per heavy atom. The molecule has 0 bridgehead atoms. The second kappa shape index (κ2) is 10.5. The van der Waals surface area contributed by atoms with Crippen LogP contribution in [0.25, 0.3) is 64.6 Å². The summed E-state index contributed by atoms with van der Waals surface area (Å²) in [6.45, 7) is 0. The van der Waals surface area contributed by atoms with Crippen molar-refractivity contribution in [3.63, 3.8) is 0 Å². The lowest BCUT2D eigenvalue weighted by atomic mass is 10.00. The van der Waals surface area contributed by atoms with Crippen molar-refractivity contribution in [2.24, 2.45) is 0 Å². The molecular formula is C41H26N2OS. The molecule has 0 aliphatic carbocycles. The van der Waals surface area contributed by atoms with Gasteiger partial charge in [-0.1, -0.05) is 97.1 Å². The van der Waals surface area contributed by atoms with Crippen LogP contribution in [-0.2, 0) is 0 Å². The summed E-state index contributed by atoms with van der Waals surface area (Å²) in [5.41, 5.74) is 8.23. The van der Waals surface area contributed by atoms with Crippen LogP contribution in [0.4, 0.5) is 17.1 Å². The molecule has 0 saturated heterocycles. The first-order chi connectivity index (χ1) is 22.3. The van der Waals surface area contributed by atoms with Gasteiger partial charge in [0.1, 0.15) is 5.52 Å².